The lowest BCUT2D eigenvalue weighted by molar-refractivity contribution is -0.142. The number of unbranched alkanes of at least 4 members (excludes halogenated alkanes) is 1. The number of benzene rings is 1. The highest BCUT2D eigenvalue weighted by Crippen LogP contribution is 2.06. The van der Waals surface area contributed by atoms with Crippen molar-refractivity contribution in [3.05, 3.63) is 35.9 Å². The second-order valence-electron chi connectivity index (χ2n) is 7.00. The van der Waals surface area contributed by atoms with Gasteiger partial charge in [-0.25, -0.2) is 4.79 Å². The molecule has 3 unspecified atom stereocenters. The van der Waals surface area contributed by atoms with Gasteiger partial charge in [-0.2, -0.15) is 12.6 Å². The molecule has 0 aromatic heterocycles. The van der Waals surface area contributed by atoms with Crippen molar-refractivity contribution < 1.29 is 24.3 Å². The van der Waals surface area contributed by atoms with Crippen LogP contribution >= 0.6 is 12.6 Å². The fourth-order valence-corrected chi connectivity index (χ4v) is 2.88. The lowest BCUT2D eigenvalue weighted by Gasteiger charge is -2.22. The van der Waals surface area contributed by atoms with E-state index in [1.807, 2.05) is 6.07 Å². The number of rotatable bonds is 14. The first kappa shape index (κ1) is 26.4. The van der Waals surface area contributed by atoms with Crippen molar-refractivity contribution in [1.82, 2.24) is 16.0 Å². The van der Waals surface area contributed by atoms with E-state index in [2.05, 4.69) is 28.6 Å². The first-order chi connectivity index (χ1) is 14.8. The van der Waals surface area contributed by atoms with Gasteiger partial charge in [0.2, 0.25) is 17.7 Å². The number of carbonyl (C=O) groups excluding carboxylic acids is 3. The molecule has 3 amide bonds. The van der Waals surface area contributed by atoms with Gasteiger partial charge in [0.05, 0.1) is 12.6 Å². The molecular formula is C20H31N5O5S. The Morgan fingerprint density at radius 3 is 2.26 bits per heavy atom. The van der Waals surface area contributed by atoms with Crippen molar-refractivity contribution in [2.45, 2.75) is 43.8 Å². The number of hydrogen-bond acceptors (Lipinski definition) is 7. The number of nitrogens with two attached hydrogens (primary N) is 2. The van der Waals surface area contributed by atoms with Crippen molar-refractivity contribution in [3.8, 4) is 0 Å². The molecule has 11 heteroatoms. The van der Waals surface area contributed by atoms with Crippen molar-refractivity contribution in [1.29, 1.82) is 0 Å². The standard InChI is InChI=1S/C20H31N5O5S/c21-9-5-4-8-15(24-17(26)11-23-18(27)14(22)12-31)19(28)25-16(20(29)30)10-13-6-2-1-3-7-13/h1-3,6-7,14-16,31H,4-5,8-12,21-22H2,(H,23,27)(H,24,26)(H,25,28)(H,29,30). The zero-order valence-electron chi connectivity index (χ0n) is 17.3. The van der Waals surface area contributed by atoms with E-state index >= 15 is 0 Å². The number of carbonyl (C=O) groups is 4. The van der Waals surface area contributed by atoms with Crippen LogP contribution in [0.5, 0.6) is 0 Å². The van der Waals surface area contributed by atoms with Crippen LogP contribution in [0.2, 0.25) is 0 Å². The molecule has 0 aliphatic heterocycles. The maximum atomic E-state index is 12.7. The maximum Gasteiger partial charge on any atom is 0.326 e. The number of hydrogen-bond donors (Lipinski definition) is 7. The van der Waals surface area contributed by atoms with E-state index < -0.39 is 41.8 Å². The van der Waals surface area contributed by atoms with Crippen molar-refractivity contribution in [2.75, 3.05) is 18.8 Å². The Kier molecular flexibility index (Phi) is 12.3. The van der Waals surface area contributed by atoms with E-state index in [0.717, 1.165) is 5.56 Å². The van der Waals surface area contributed by atoms with E-state index in [1.165, 1.54) is 0 Å². The Balaban J connectivity index is 2.75. The van der Waals surface area contributed by atoms with Crippen LogP contribution in [0.4, 0.5) is 0 Å². The third kappa shape index (κ3) is 10.3. The first-order valence-corrected chi connectivity index (χ1v) is 10.6. The summed E-state index contributed by atoms with van der Waals surface area (Å²) in [4.78, 5) is 48.3. The van der Waals surface area contributed by atoms with Crippen LogP contribution in [0, 0.1) is 0 Å². The average Bonchev–Trinajstić information content (AvgIpc) is 2.76. The predicted molar refractivity (Wildman–Crippen MR) is 119 cm³/mol. The smallest absolute Gasteiger partial charge is 0.326 e. The Bertz CT molecular complexity index is 734. The quantitative estimate of drug-likeness (QED) is 0.136. The molecule has 172 valence electrons. The monoisotopic (exact) mass is 453 g/mol. The predicted octanol–water partition coefficient (Wildman–Crippen LogP) is -1.21. The number of amides is 3. The molecule has 1 aromatic carbocycles. The highest BCUT2D eigenvalue weighted by atomic mass is 32.1. The summed E-state index contributed by atoms with van der Waals surface area (Å²) in [6.45, 7) is 0.0546. The molecule has 8 N–H and O–H groups in total. The minimum atomic E-state index is -1.18. The molecule has 0 radical (unpaired) electrons. The highest BCUT2D eigenvalue weighted by molar-refractivity contribution is 7.80. The summed E-state index contributed by atoms with van der Waals surface area (Å²) in [5.74, 6) is -2.81. The van der Waals surface area contributed by atoms with Crippen LogP contribution in [0.3, 0.4) is 0 Å². The molecule has 1 rings (SSSR count). The molecule has 0 heterocycles. The summed E-state index contributed by atoms with van der Waals surface area (Å²) in [5, 5.41) is 16.9. The molecule has 3 atom stereocenters. The van der Waals surface area contributed by atoms with Crippen molar-refractivity contribution in [3.63, 3.8) is 0 Å². The van der Waals surface area contributed by atoms with Gasteiger partial charge in [-0.1, -0.05) is 30.3 Å². The van der Waals surface area contributed by atoms with Gasteiger partial charge in [0, 0.05) is 12.2 Å². The van der Waals surface area contributed by atoms with E-state index in [9.17, 15) is 24.3 Å². The summed E-state index contributed by atoms with van der Waals surface area (Å²) in [5.41, 5.74) is 11.8. The molecule has 0 bridgehead atoms. The zero-order chi connectivity index (χ0) is 23.2. The summed E-state index contributed by atoms with van der Waals surface area (Å²) in [7, 11) is 0. The van der Waals surface area contributed by atoms with Crippen LogP contribution < -0.4 is 27.4 Å². The lowest BCUT2D eigenvalue weighted by Crippen LogP contribution is -2.54. The number of aliphatic carboxylic acids is 1. The van der Waals surface area contributed by atoms with Gasteiger partial charge in [-0.15, -0.1) is 0 Å². The van der Waals surface area contributed by atoms with E-state index in [0.29, 0.717) is 19.4 Å². The molecule has 0 fully saturated rings. The Labute approximate surface area is 186 Å². The van der Waals surface area contributed by atoms with Gasteiger partial charge in [0.1, 0.15) is 12.1 Å². The van der Waals surface area contributed by atoms with Gasteiger partial charge in [-0.3, -0.25) is 14.4 Å². The Morgan fingerprint density at radius 2 is 1.68 bits per heavy atom. The number of carboxylic acids is 1. The fraction of sp³-hybridized carbons (Fsp3) is 0.500. The van der Waals surface area contributed by atoms with Crippen molar-refractivity contribution in [2.24, 2.45) is 11.5 Å². The second kappa shape index (κ2) is 14.4. The van der Waals surface area contributed by atoms with Crippen LogP contribution in [-0.2, 0) is 25.6 Å². The summed E-state index contributed by atoms with van der Waals surface area (Å²) in [6.07, 6.45) is 1.57. The molecular weight excluding hydrogens is 422 g/mol. The molecule has 1 aromatic rings. The summed E-state index contributed by atoms with van der Waals surface area (Å²) < 4.78 is 0. The third-order valence-corrected chi connectivity index (χ3v) is 4.85. The lowest BCUT2D eigenvalue weighted by atomic mass is 10.0. The average molecular weight is 454 g/mol. The Morgan fingerprint density at radius 1 is 1.00 bits per heavy atom. The van der Waals surface area contributed by atoms with Crippen LogP contribution in [-0.4, -0.2) is 65.8 Å². The number of thiol groups is 1. The minimum Gasteiger partial charge on any atom is -0.480 e. The Hall–Kier alpha value is -2.63. The third-order valence-electron chi connectivity index (χ3n) is 4.45. The number of carboxylic acid groups (broad SMARTS) is 1. The molecule has 10 nitrogen and oxygen atoms in total. The second-order valence-corrected chi connectivity index (χ2v) is 7.37. The highest BCUT2D eigenvalue weighted by Gasteiger charge is 2.26. The maximum absolute atomic E-state index is 12.7. The van der Waals surface area contributed by atoms with Gasteiger partial charge in [0.25, 0.3) is 0 Å². The molecule has 0 aliphatic rings. The van der Waals surface area contributed by atoms with E-state index in [-0.39, 0.29) is 25.1 Å². The molecule has 0 saturated carbocycles. The number of nitrogens with one attached hydrogen (secondary N) is 3. The molecule has 31 heavy (non-hydrogen) atoms. The van der Waals surface area contributed by atoms with Gasteiger partial charge < -0.3 is 32.5 Å². The first-order valence-electron chi connectivity index (χ1n) is 9.99. The normalized spacial score (nSPS) is 13.5. The molecule has 0 aliphatic carbocycles. The largest absolute Gasteiger partial charge is 0.480 e. The van der Waals surface area contributed by atoms with Crippen molar-refractivity contribution >= 4 is 36.3 Å². The molecule has 0 spiro atoms. The van der Waals surface area contributed by atoms with E-state index in [1.54, 1.807) is 24.3 Å². The minimum absolute atomic E-state index is 0.100. The van der Waals surface area contributed by atoms with Gasteiger partial charge >= 0.3 is 5.97 Å². The summed E-state index contributed by atoms with van der Waals surface area (Å²) in [6, 6.07) is 5.92. The summed E-state index contributed by atoms with van der Waals surface area (Å²) >= 11 is 3.92. The van der Waals surface area contributed by atoms with Crippen LogP contribution in [0.15, 0.2) is 30.3 Å². The van der Waals surface area contributed by atoms with Crippen LogP contribution in [0.1, 0.15) is 24.8 Å². The van der Waals surface area contributed by atoms with E-state index in [4.69, 9.17) is 11.5 Å². The topological polar surface area (TPSA) is 177 Å². The zero-order valence-corrected chi connectivity index (χ0v) is 18.1. The van der Waals surface area contributed by atoms with Gasteiger partial charge in [-0.05, 0) is 31.4 Å². The van der Waals surface area contributed by atoms with Gasteiger partial charge in [0.15, 0.2) is 0 Å². The SMILES string of the molecule is NCCCCC(NC(=O)CNC(=O)C(N)CS)C(=O)NC(Cc1ccccc1)C(=O)O. The fourth-order valence-electron chi connectivity index (χ4n) is 2.71. The van der Waals surface area contributed by atoms with Crippen LogP contribution in [0.25, 0.3) is 0 Å². The molecule has 0 saturated heterocycles.